The van der Waals surface area contributed by atoms with E-state index in [1.54, 1.807) is 12.1 Å². The van der Waals surface area contributed by atoms with Crippen LogP contribution in [0.4, 0.5) is 5.69 Å². The van der Waals surface area contributed by atoms with Crippen molar-refractivity contribution in [2.75, 3.05) is 25.0 Å². The molecule has 1 aliphatic heterocycles. The van der Waals surface area contributed by atoms with Gasteiger partial charge >= 0.3 is 0 Å². The highest BCUT2D eigenvalue weighted by Gasteiger charge is 2.31. The van der Waals surface area contributed by atoms with Crippen molar-refractivity contribution >= 4 is 23.2 Å². The fraction of sp³-hybridized carbons (Fsp3) is 0.562. The number of halogens is 1. The second-order valence-corrected chi connectivity index (χ2v) is 5.82. The summed E-state index contributed by atoms with van der Waals surface area (Å²) in [4.78, 5) is 14.9. The molecule has 1 aromatic rings. The predicted molar refractivity (Wildman–Crippen MR) is 86.1 cm³/mol. The lowest BCUT2D eigenvalue weighted by atomic mass is 10.1. The number of nitrogens with zero attached hydrogens (tertiary/aromatic N) is 1. The number of rotatable bonds is 4. The van der Waals surface area contributed by atoms with Crippen molar-refractivity contribution in [1.29, 1.82) is 0 Å². The van der Waals surface area contributed by atoms with Gasteiger partial charge in [-0.05, 0) is 38.5 Å². The lowest BCUT2D eigenvalue weighted by Gasteiger charge is -2.38. The number of morpholine rings is 1. The minimum Gasteiger partial charge on any atom is -0.385 e. The zero-order valence-electron chi connectivity index (χ0n) is 12.9. The minimum absolute atomic E-state index is 0.0236. The fourth-order valence-electron chi connectivity index (χ4n) is 2.62. The topological polar surface area (TPSA) is 41.6 Å². The standard InChI is InChI=1S/C16H23ClN2O2/c1-4-13-10-21-11(3)9-19(13)16(20)14-8-12(17)6-7-15(14)18-5-2/h6-8,11,13,18H,4-5,9-10H2,1-3H3. The number of benzene rings is 1. The van der Waals surface area contributed by atoms with Crippen LogP contribution in [0.3, 0.4) is 0 Å². The zero-order valence-corrected chi connectivity index (χ0v) is 13.6. The Kier molecular flexibility index (Phi) is 5.48. The number of amides is 1. The number of anilines is 1. The third-order valence-corrected chi connectivity index (χ3v) is 4.01. The summed E-state index contributed by atoms with van der Waals surface area (Å²) in [6.45, 7) is 8.06. The van der Waals surface area contributed by atoms with Gasteiger partial charge in [0.25, 0.3) is 5.91 Å². The molecule has 2 atom stereocenters. The van der Waals surface area contributed by atoms with E-state index in [0.717, 1.165) is 18.7 Å². The molecule has 4 nitrogen and oxygen atoms in total. The van der Waals surface area contributed by atoms with Crippen molar-refractivity contribution in [2.45, 2.75) is 39.3 Å². The largest absolute Gasteiger partial charge is 0.385 e. The summed E-state index contributed by atoms with van der Waals surface area (Å²) in [5, 5.41) is 3.81. The Morgan fingerprint density at radius 1 is 1.48 bits per heavy atom. The third-order valence-electron chi connectivity index (χ3n) is 3.78. The van der Waals surface area contributed by atoms with Gasteiger partial charge in [0.2, 0.25) is 0 Å². The van der Waals surface area contributed by atoms with Crippen LogP contribution in [0.25, 0.3) is 0 Å². The van der Waals surface area contributed by atoms with Gasteiger partial charge in [0.15, 0.2) is 0 Å². The minimum atomic E-state index is 0.0236. The molecule has 1 saturated heterocycles. The first-order chi connectivity index (χ1) is 10.1. The van der Waals surface area contributed by atoms with Gasteiger partial charge < -0.3 is 15.0 Å². The average molecular weight is 311 g/mol. The van der Waals surface area contributed by atoms with E-state index in [1.807, 2.05) is 24.8 Å². The Bertz CT molecular complexity index is 507. The molecule has 0 aromatic heterocycles. The molecule has 0 aliphatic carbocycles. The summed E-state index contributed by atoms with van der Waals surface area (Å²) in [5.41, 5.74) is 1.47. The number of hydrogen-bond acceptors (Lipinski definition) is 3. The number of nitrogens with one attached hydrogen (secondary N) is 1. The van der Waals surface area contributed by atoms with Crippen LogP contribution in [0, 0.1) is 0 Å². The SMILES string of the molecule is CCNc1ccc(Cl)cc1C(=O)N1CC(C)OCC1CC. The summed E-state index contributed by atoms with van der Waals surface area (Å²) < 4.78 is 5.66. The summed E-state index contributed by atoms with van der Waals surface area (Å²) >= 11 is 6.08. The lowest BCUT2D eigenvalue weighted by molar-refractivity contribution is -0.0443. The van der Waals surface area contributed by atoms with E-state index in [0.29, 0.717) is 23.7 Å². The van der Waals surface area contributed by atoms with Crippen molar-refractivity contribution in [3.8, 4) is 0 Å². The highest BCUT2D eigenvalue weighted by Crippen LogP contribution is 2.25. The van der Waals surface area contributed by atoms with E-state index < -0.39 is 0 Å². The number of carbonyl (C=O) groups excluding carboxylic acids is 1. The quantitative estimate of drug-likeness (QED) is 0.926. The fourth-order valence-corrected chi connectivity index (χ4v) is 2.80. The first-order valence-electron chi connectivity index (χ1n) is 7.52. The molecule has 0 spiro atoms. The molecule has 0 radical (unpaired) electrons. The van der Waals surface area contributed by atoms with Crippen molar-refractivity contribution in [1.82, 2.24) is 4.90 Å². The maximum absolute atomic E-state index is 12.9. The second-order valence-electron chi connectivity index (χ2n) is 5.38. The van der Waals surface area contributed by atoms with Gasteiger partial charge in [-0.3, -0.25) is 4.79 Å². The van der Waals surface area contributed by atoms with Gasteiger partial charge in [-0.15, -0.1) is 0 Å². The molecule has 5 heteroatoms. The van der Waals surface area contributed by atoms with Crippen molar-refractivity contribution in [3.05, 3.63) is 28.8 Å². The highest BCUT2D eigenvalue weighted by atomic mass is 35.5. The molecule has 1 aliphatic rings. The van der Waals surface area contributed by atoms with Gasteiger partial charge in [-0.2, -0.15) is 0 Å². The lowest BCUT2D eigenvalue weighted by Crippen LogP contribution is -2.51. The van der Waals surface area contributed by atoms with Gasteiger partial charge in [0.1, 0.15) is 0 Å². The molecular formula is C16H23ClN2O2. The molecule has 1 fully saturated rings. The Balaban J connectivity index is 2.31. The van der Waals surface area contributed by atoms with E-state index in [4.69, 9.17) is 16.3 Å². The van der Waals surface area contributed by atoms with Crippen molar-refractivity contribution in [2.24, 2.45) is 0 Å². The Hall–Kier alpha value is -1.26. The smallest absolute Gasteiger partial charge is 0.256 e. The van der Waals surface area contributed by atoms with Crippen molar-refractivity contribution in [3.63, 3.8) is 0 Å². The van der Waals surface area contributed by atoms with Crippen LogP contribution < -0.4 is 5.32 Å². The summed E-state index contributed by atoms with van der Waals surface area (Å²) in [7, 11) is 0. The maximum atomic E-state index is 12.9. The van der Waals surface area contributed by atoms with Gasteiger partial charge in [-0.1, -0.05) is 18.5 Å². The van der Waals surface area contributed by atoms with Crippen LogP contribution >= 0.6 is 11.6 Å². The number of hydrogen-bond donors (Lipinski definition) is 1. The molecule has 1 heterocycles. The summed E-state index contributed by atoms with van der Waals surface area (Å²) in [5.74, 6) is 0.0236. The van der Waals surface area contributed by atoms with Crippen molar-refractivity contribution < 1.29 is 9.53 Å². The predicted octanol–water partition coefficient (Wildman–Crippen LogP) is 3.41. The molecule has 0 saturated carbocycles. The van der Waals surface area contributed by atoms with E-state index in [2.05, 4.69) is 12.2 Å². The first kappa shape index (κ1) is 16.1. The van der Waals surface area contributed by atoms with Crippen LogP contribution in [-0.2, 0) is 4.74 Å². The molecular weight excluding hydrogens is 288 g/mol. The van der Waals surface area contributed by atoms with E-state index in [-0.39, 0.29) is 18.1 Å². The van der Waals surface area contributed by atoms with Crippen LogP contribution in [0.5, 0.6) is 0 Å². The summed E-state index contributed by atoms with van der Waals surface area (Å²) in [6.07, 6.45) is 0.953. The van der Waals surface area contributed by atoms with Gasteiger partial charge in [-0.25, -0.2) is 0 Å². The first-order valence-corrected chi connectivity index (χ1v) is 7.90. The van der Waals surface area contributed by atoms with Crippen LogP contribution in [0.15, 0.2) is 18.2 Å². The van der Waals surface area contributed by atoms with Crippen LogP contribution in [0.2, 0.25) is 5.02 Å². The maximum Gasteiger partial charge on any atom is 0.256 e. The van der Waals surface area contributed by atoms with Crippen LogP contribution in [-0.4, -0.2) is 42.6 Å². The Morgan fingerprint density at radius 3 is 2.90 bits per heavy atom. The molecule has 0 bridgehead atoms. The number of carbonyl (C=O) groups is 1. The second kappa shape index (κ2) is 7.14. The molecule has 1 N–H and O–H groups in total. The van der Waals surface area contributed by atoms with Gasteiger partial charge in [0, 0.05) is 23.8 Å². The Labute approximate surface area is 131 Å². The van der Waals surface area contributed by atoms with Gasteiger partial charge in [0.05, 0.1) is 24.3 Å². The molecule has 1 amide bonds. The highest BCUT2D eigenvalue weighted by molar-refractivity contribution is 6.31. The van der Waals surface area contributed by atoms with E-state index >= 15 is 0 Å². The van der Waals surface area contributed by atoms with Crippen LogP contribution in [0.1, 0.15) is 37.6 Å². The average Bonchev–Trinajstić information content (AvgIpc) is 2.48. The summed E-state index contributed by atoms with van der Waals surface area (Å²) in [6, 6.07) is 5.54. The molecule has 2 rings (SSSR count). The molecule has 116 valence electrons. The molecule has 21 heavy (non-hydrogen) atoms. The normalized spacial score (nSPS) is 22.2. The molecule has 2 unspecified atom stereocenters. The Morgan fingerprint density at radius 2 is 2.24 bits per heavy atom. The number of ether oxygens (including phenoxy) is 1. The third kappa shape index (κ3) is 3.69. The van der Waals surface area contributed by atoms with E-state index in [9.17, 15) is 4.79 Å². The monoisotopic (exact) mass is 310 g/mol. The zero-order chi connectivity index (χ0) is 15.4. The molecule has 1 aromatic carbocycles. The van der Waals surface area contributed by atoms with E-state index in [1.165, 1.54) is 0 Å².